The Labute approximate surface area is 161 Å². The maximum atomic E-state index is 12.1. The highest BCUT2D eigenvalue weighted by Gasteiger charge is 2.13. The van der Waals surface area contributed by atoms with Gasteiger partial charge in [0.1, 0.15) is 0 Å². The van der Waals surface area contributed by atoms with Gasteiger partial charge in [-0.15, -0.1) is 0 Å². The lowest BCUT2D eigenvalue weighted by molar-refractivity contribution is -0.138. The molecule has 0 unspecified atom stereocenters. The lowest BCUT2D eigenvalue weighted by Gasteiger charge is -2.13. The van der Waals surface area contributed by atoms with Crippen LogP contribution < -0.4 is 21.7 Å². The maximum Gasteiger partial charge on any atom is 0.329 e. The fourth-order valence-corrected chi connectivity index (χ4v) is 3.03. The van der Waals surface area contributed by atoms with E-state index in [-0.39, 0.29) is 0 Å². The molecular formula is C22H18N4O2. The highest BCUT2D eigenvalue weighted by Crippen LogP contribution is 2.23. The largest absolute Gasteiger partial charge is 0.329 e. The topological polar surface area (TPSA) is 82.3 Å². The number of nitrogens with one attached hydrogen (secondary N) is 4. The summed E-state index contributed by atoms with van der Waals surface area (Å²) in [5.41, 5.74) is 11.9. The highest BCUT2D eigenvalue weighted by molar-refractivity contribution is 6.35. The van der Waals surface area contributed by atoms with E-state index in [1.807, 2.05) is 84.9 Å². The van der Waals surface area contributed by atoms with Crippen LogP contribution in [0.1, 0.15) is 0 Å². The quantitative estimate of drug-likeness (QED) is 0.327. The molecule has 0 aliphatic heterocycles. The summed E-state index contributed by atoms with van der Waals surface area (Å²) in [6, 6.07) is 26.9. The smallest absolute Gasteiger partial charge is 0.298 e. The van der Waals surface area contributed by atoms with Crippen LogP contribution in [0, 0.1) is 0 Å². The average Bonchev–Trinajstić information content (AvgIpc) is 2.75. The van der Waals surface area contributed by atoms with Crippen LogP contribution in [0.2, 0.25) is 0 Å². The Morgan fingerprint density at radius 2 is 0.893 bits per heavy atom. The Morgan fingerprint density at radius 3 is 1.36 bits per heavy atom. The van der Waals surface area contributed by atoms with Crippen LogP contribution in [0.15, 0.2) is 84.9 Å². The Hall–Kier alpha value is -4.06. The Balaban J connectivity index is 1.39. The molecule has 0 saturated carbocycles. The first-order valence-electron chi connectivity index (χ1n) is 8.80. The van der Waals surface area contributed by atoms with Crippen molar-refractivity contribution in [3.63, 3.8) is 0 Å². The molecule has 0 spiro atoms. The molecule has 0 aliphatic carbocycles. The van der Waals surface area contributed by atoms with Crippen LogP contribution in [0.3, 0.4) is 0 Å². The zero-order valence-corrected chi connectivity index (χ0v) is 14.9. The molecule has 6 nitrogen and oxygen atoms in total. The SMILES string of the molecule is O=C(NNc1cccc2ccccc12)C(=O)NNc1cccc2ccccc12. The summed E-state index contributed by atoms with van der Waals surface area (Å²) < 4.78 is 0. The first-order valence-corrected chi connectivity index (χ1v) is 8.80. The van der Waals surface area contributed by atoms with Gasteiger partial charge in [-0.05, 0) is 22.9 Å². The van der Waals surface area contributed by atoms with Crippen molar-refractivity contribution >= 4 is 44.7 Å². The lowest BCUT2D eigenvalue weighted by Crippen LogP contribution is -2.44. The van der Waals surface area contributed by atoms with E-state index in [2.05, 4.69) is 21.7 Å². The molecule has 0 aromatic heterocycles. The zero-order chi connectivity index (χ0) is 19.3. The number of hydrogen-bond acceptors (Lipinski definition) is 4. The third-order valence-electron chi connectivity index (χ3n) is 4.41. The van der Waals surface area contributed by atoms with Crippen molar-refractivity contribution < 1.29 is 9.59 Å². The van der Waals surface area contributed by atoms with E-state index in [9.17, 15) is 9.59 Å². The van der Waals surface area contributed by atoms with Crippen molar-refractivity contribution in [1.29, 1.82) is 0 Å². The summed E-state index contributed by atoms with van der Waals surface area (Å²) in [6.07, 6.45) is 0. The van der Waals surface area contributed by atoms with Crippen LogP contribution in [0.25, 0.3) is 21.5 Å². The van der Waals surface area contributed by atoms with Gasteiger partial charge in [0.15, 0.2) is 0 Å². The molecule has 0 fully saturated rings. The van der Waals surface area contributed by atoms with E-state index >= 15 is 0 Å². The molecular weight excluding hydrogens is 352 g/mol. The van der Waals surface area contributed by atoms with E-state index in [4.69, 9.17) is 0 Å². The highest BCUT2D eigenvalue weighted by atomic mass is 16.2. The first-order chi connectivity index (χ1) is 13.7. The molecule has 4 N–H and O–H groups in total. The van der Waals surface area contributed by atoms with Crippen LogP contribution in [0.5, 0.6) is 0 Å². The molecule has 2 amide bonds. The van der Waals surface area contributed by atoms with E-state index in [0.717, 1.165) is 21.5 Å². The van der Waals surface area contributed by atoms with Gasteiger partial charge in [-0.1, -0.05) is 72.8 Å². The third kappa shape index (κ3) is 3.57. The monoisotopic (exact) mass is 370 g/mol. The molecule has 0 atom stereocenters. The number of benzene rings is 4. The Kier molecular flexibility index (Phi) is 4.76. The van der Waals surface area contributed by atoms with Gasteiger partial charge < -0.3 is 0 Å². The van der Waals surface area contributed by atoms with E-state index < -0.39 is 11.8 Å². The van der Waals surface area contributed by atoms with Crippen molar-refractivity contribution in [1.82, 2.24) is 10.9 Å². The number of amides is 2. The third-order valence-corrected chi connectivity index (χ3v) is 4.41. The zero-order valence-electron chi connectivity index (χ0n) is 14.9. The second kappa shape index (κ2) is 7.67. The molecule has 0 aliphatic rings. The number of anilines is 2. The average molecular weight is 370 g/mol. The number of carbonyl (C=O) groups is 2. The molecule has 0 heterocycles. The van der Waals surface area contributed by atoms with Gasteiger partial charge in [-0.3, -0.25) is 31.3 Å². The van der Waals surface area contributed by atoms with Crippen molar-refractivity contribution in [2.45, 2.75) is 0 Å². The molecule has 4 aromatic carbocycles. The molecule has 138 valence electrons. The van der Waals surface area contributed by atoms with Crippen LogP contribution in [0.4, 0.5) is 11.4 Å². The standard InChI is InChI=1S/C22H18N4O2/c27-21(25-23-19-13-5-9-15-7-1-3-11-17(15)19)22(28)26-24-20-14-6-10-16-8-2-4-12-18(16)20/h1-14,23-24H,(H,25,27)(H,26,28). The molecule has 0 bridgehead atoms. The van der Waals surface area contributed by atoms with Gasteiger partial charge in [0, 0.05) is 10.8 Å². The van der Waals surface area contributed by atoms with Gasteiger partial charge in [-0.25, -0.2) is 0 Å². The van der Waals surface area contributed by atoms with Crippen LogP contribution in [-0.2, 0) is 9.59 Å². The first kappa shape index (κ1) is 17.4. The van der Waals surface area contributed by atoms with Gasteiger partial charge in [0.05, 0.1) is 11.4 Å². The molecule has 28 heavy (non-hydrogen) atoms. The molecule has 0 radical (unpaired) electrons. The predicted octanol–water partition coefficient (Wildman–Crippen LogP) is 3.58. The van der Waals surface area contributed by atoms with Crippen molar-refractivity contribution in [2.75, 3.05) is 10.9 Å². The second-order valence-electron chi connectivity index (χ2n) is 6.21. The summed E-state index contributed by atoms with van der Waals surface area (Å²) in [5, 5.41) is 3.95. The fourth-order valence-electron chi connectivity index (χ4n) is 3.03. The van der Waals surface area contributed by atoms with E-state index in [1.165, 1.54) is 0 Å². The number of fused-ring (bicyclic) bond motifs is 2. The summed E-state index contributed by atoms with van der Waals surface area (Å²) in [7, 11) is 0. The minimum absolute atomic E-state index is 0.710. The molecule has 0 saturated heterocycles. The summed E-state index contributed by atoms with van der Waals surface area (Å²) >= 11 is 0. The summed E-state index contributed by atoms with van der Waals surface area (Å²) in [6.45, 7) is 0. The predicted molar refractivity (Wildman–Crippen MR) is 111 cm³/mol. The molecule has 6 heteroatoms. The number of rotatable bonds is 4. The number of hydrazine groups is 2. The summed E-state index contributed by atoms with van der Waals surface area (Å²) in [5.74, 6) is -1.61. The van der Waals surface area contributed by atoms with Gasteiger partial charge >= 0.3 is 11.8 Å². The second-order valence-corrected chi connectivity index (χ2v) is 6.21. The number of hydrogen-bond donors (Lipinski definition) is 4. The maximum absolute atomic E-state index is 12.1. The minimum atomic E-state index is -0.805. The Bertz CT molecular complexity index is 1070. The normalized spacial score (nSPS) is 10.4. The van der Waals surface area contributed by atoms with Crippen molar-refractivity contribution in [2.24, 2.45) is 0 Å². The number of carbonyl (C=O) groups excluding carboxylic acids is 2. The summed E-state index contributed by atoms with van der Waals surface area (Å²) in [4.78, 5) is 24.2. The lowest BCUT2D eigenvalue weighted by atomic mass is 10.1. The van der Waals surface area contributed by atoms with Crippen LogP contribution >= 0.6 is 0 Å². The van der Waals surface area contributed by atoms with Crippen molar-refractivity contribution in [3.8, 4) is 0 Å². The van der Waals surface area contributed by atoms with E-state index in [1.54, 1.807) is 0 Å². The van der Waals surface area contributed by atoms with Gasteiger partial charge in [0.2, 0.25) is 0 Å². The molecule has 4 rings (SSSR count). The minimum Gasteiger partial charge on any atom is -0.298 e. The van der Waals surface area contributed by atoms with E-state index in [0.29, 0.717) is 11.4 Å². The molecule has 4 aromatic rings. The van der Waals surface area contributed by atoms with Crippen molar-refractivity contribution in [3.05, 3.63) is 84.9 Å². The fraction of sp³-hybridized carbons (Fsp3) is 0. The van der Waals surface area contributed by atoms with Gasteiger partial charge in [0.25, 0.3) is 0 Å². The van der Waals surface area contributed by atoms with Crippen LogP contribution in [-0.4, -0.2) is 11.8 Å². The Morgan fingerprint density at radius 1 is 0.500 bits per heavy atom. The van der Waals surface area contributed by atoms with Gasteiger partial charge in [-0.2, -0.15) is 0 Å².